The second kappa shape index (κ2) is 7.79. The monoisotopic (exact) mass is 288 g/mol. The number of hydrogen-bond donors (Lipinski definition) is 2. The lowest BCUT2D eigenvalue weighted by Crippen LogP contribution is -2.52. The van der Waals surface area contributed by atoms with Gasteiger partial charge in [0.1, 0.15) is 12.6 Å². The van der Waals surface area contributed by atoms with Crippen molar-refractivity contribution in [1.29, 1.82) is 0 Å². The van der Waals surface area contributed by atoms with E-state index in [0.29, 0.717) is 26.3 Å². The number of carbonyl (C=O) groups excluding carboxylic acids is 1. The average molecular weight is 288 g/mol. The van der Waals surface area contributed by atoms with E-state index < -0.39 is 0 Å². The molecule has 0 saturated carbocycles. The zero-order chi connectivity index (χ0) is 15.1. The second-order valence-electron chi connectivity index (χ2n) is 4.79. The number of amides is 1. The normalized spacial score (nSPS) is 18.7. The molecule has 1 saturated heterocycles. The first-order valence-corrected chi connectivity index (χ1v) is 6.97. The van der Waals surface area contributed by atoms with Gasteiger partial charge in [-0.25, -0.2) is 0 Å². The Balaban J connectivity index is 2.17. The minimum Gasteiger partial charge on any atom is -0.384 e. The number of nitrogens with one attached hydrogen (secondary N) is 1. The lowest BCUT2D eigenvalue weighted by molar-refractivity contribution is -0.132. The van der Waals surface area contributed by atoms with Crippen LogP contribution in [0.1, 0.15) is 11.1 Å². The summed E-state index contributed by atoms with van der Waals surface area (Å²) < 4.78 is 5.40. The van der Waals surface area contributed by atoms with Crippen molar-refractivity contribution in [3.63, 3.8) is 0 Å². The number of hydrogen-bond acceptors (Lipinski definition) is 4. The van der Waals surface area contributed by atoms with E-state index in [4.69, 9.17) is 9.84 Å². The molecule has 21 heavy (non-hydrogen) atoms. The Morgan fingerprint density at radius 3 is 3.10 bits per heavy atom. The molecule has 0 aromatic heterocycles. The molecule has 0 aliphatic carbocycles. The predicted octanol–water partition coefficient (Wildman–Crippen LogP) is -0.0228. The molecule has 1 atom stereocenters. The summed E-state index contributed by atoms with van der Waals surface area (Å²) in [5.74, 6) is 5.59. The van der Waals surface area contributed by atoms with Crippen molar-refractivity contribution < 1.29 is 14.6 Å². The molecule has 5 heteroatoms. The number of carbonyl (C=O) groups is 1. The van der Waals surface area contributed by atoms with Gasteiger partial charge in [-0.1, -0.05) is 30.0 Å². The molecule has 1 amide bonds. The van der Waals surface area contributed by atoms with Crippen molar-refractivity contribution in [2.75, 3.05) is 33.4 Å². The van der Waals surface area contributed by atoms with E-state index in [-0.39, 0.29) is 18.6 Å². The van der Waals surface area contributed by atoms with Crippen molar-refractivity contribution in [2.45, 2.75) is 12.6 Å². The first-order chi connectivity index (χ1) is 10.3. The largest absolute Gasteiger partial charge is 0.384 e. The molecule has 1 aromatic rings. The molecule has 1 fully saturated rings. The van der Waals surface area contributed by atoms with E-state index in [0.717, 1.165) is 11.1 Å². The molecule has 1 unspecified atom stereocenters. The summed E-state index contributed by atoms with van der Waals surface area (Å²) in [6.07, 6.45) is 0. The van der Waals surface area contributed by atoms with E-state index in [2.05, 4.69) is 22.1 Å². The maximum atomic E-state index is 11.9. The van der Waals surface area contributed by atoms with Crippen LogP contribution in [0.4, 0.5) is 0 Å². The van der Waals surface area contributed by atoms with Crippen LogP contribution in [0.25, 0.3) is 0 Å². The van der Waals surface area contributed by atoms with Crippen LogP contribution in [0, 0.1) is 11.8 Å². The summed E-state index contributed by atoms with van der Waals surface area (Å²) in [5, 5.41) is 11.5. The SMILES string of the molecule is CNC(=O)C1COCCN1Cc1ccccc1C#CCO. The predicted molar refractivity (Wildman–Crippen MR) is 79.5 cm³/mol. The summed E-state index contributed by atoms with van der Waals surface area (Å²) in [4.78, 5) is 14.0. The first-order valence-electron chi connectivity index (χ1n) is 6.97. The lowest BCUT2D eigenvalue weighted by atomic mass is 10.1. The van der Waals surface area contributed by atoms with Crippen molar-refractivity contribution >= 4 is 5.91 Å². The maximum absolute atomic E-state index is 11.9. The number of ether oxygens (including phenoxy) is 1. The Labute approximate surface area is 124 Å². The van der Waals surface area contributed by atoms with Gasteiger partial charge in [-0.15, -0.1) is 0 Å². The molecule has 2 rings (SSSR count). The van der Waals surface area contributed by atoms with E-state index >= 15 is 0 Å². The topological polar surface area (TPSA) is 61.8 Å². The average Bonchev–Trinajstić information content (AvgIpc) is 2.54. The molecule has 0 spiro atoms. The minimum atomic E-state index is -0.275. The van der Waals surface area contributed by atoms with Gasteiger partial charge in [-0.3, -0.25) is 9.69 Å². The molecule has 5 nitrogen and oxygen atoms in total. The number of rotatable bonds is 3. The van der Waals surface area contributed by atoms with Gasteiger partial charge in [-0.2, -0.15) is 0 Å². The summed E-state index contributed by atoms with van der Waals surface area (Å²) in [6, 6.07) is 7.52. The van der Waals surface area contributed by atoms with Crippen LogP contribution in [0.2, 0.25) is 0 Å². The van der Waals surface area contributed by atoms with Crippen LogP contribution in [0.3, 0.4) is 0 Å². The lowest BCUT2D eigenvalue weighted by Gasteiger charge is -2.34. The van der Waals surface area contributed by atoms with Gasteiger partial charge in [-0.05, 0) is 11.6 Å². The third-order valence-corrected chi connectivity index (χ3v) is 3.48. The molecular formula is C16H20N2O3. The van der Waals surface area contributed by atoms with Crippen LogP contribution >= 0.6 is 0 Å². The summed E-state index contributed by atoms with van der Waals surface area (Å²) in [7, 11) is 1.63. The van der Waals surface area contributed by atoms with E-state index in [1.54, 1.807) is 7.05 Å². The van der Waals surface area contributed by atoms with E-state index in [9.17, 15) is 4.79 Å². The third-order valence-electron chi connectivity index (χ3n) is 3.48. The second-order valence-corrected chi connectivity index (χ2v) is 4.79. The van der Waals surface area contributed by atoms with Gasteiger partial charge in [0.2, 0.25) is 5.91 Å². The summed E-state index contributed by atoms with van der Waals surface area (Å²) in [6.45, 7) is 2.21. The number of aliphatic hydroxyl groups excluding tert-OH is 1. The highest BCUT2D eigenvalue weighted by Crippen LogP contribution is 2.15. The standard InChI is InChI=1S/C16H20N2O3/c1-17-16(20)15-12-21-10-8-18(15)11-14-6-3-2-5-13(14)7-4-9-19/h2-3,5-6,15,19H,8-12H2,1H3,(H,17,20). The Hall–Kier alpha value is -1.87. The van der Waals surface area contributed by atoms with Gasteiger partial charge >= 0.3 is 0 Å². The fourth-order valence-corrected chi connectivity index (χ4v) is 2.37. The summed E-state index contributed by atoms with van der Waals surface area (Å²) in [5.41, 5.74) is 1.93. The molecule has 1 aliphatic heterocycles. The van der Waals surface area contributed by atoms with E-state index in [1.165, 1.54) is 0 Å². The minimum absolute atomic E-state index is 0.0337. The molecular weight excluding hydrogens is 268 g/mol. The molecule has 1 heterocycles. The fourth-order valence-electron chi connectivity index (χ4n) is 2.37. The highest BCUT2D eigenvalue weighted by Gasteiger charge is 2.28. The van der Waals surface area contributed by atoms with Crippen molar-refractivity contribution in [3.05, 3.63) is 35.4 Å². The zero-order valence-electron chi connectivity index (χ0n) is 12.1. The number of benzene rings is 1. The first kappa shape index (κ1) is 15.5. The van der Waals surface area contributed by atoms with Crippen LogP contribution < -0.4 is 5.32 Å². The Morgan fingerprint density at radius 2 is 2.33 bits per heavy atom. The van der Waals surface area contributed by atoms with Gasteiger partial charge in [0.05, 0.1) is 13.2 Å². The van der Waals surface area contributed by atoms with Crippen LogP contribution in [-0.4, -0.2) is 55.4 Å². The van der Waals surface area contributed by atoms with Gasteiger partial charge in [0.25, 0.3) is 0 Å². The third kappa shape index (κ3) is 4.05. The molecule has 1 aromatic carbocycles. The fraction of sp³-hybridized carbons (Fsp3) is 0.438. The number of nitrogens with zero attached hydrogens (tertiary/aromatic N) is 1. The van der Waals surface area contributed by atoms with Crippen molar-refractivity contribution in [1.82, 2.24) is 10.2 Å². The van der Waals surface area contributed by atoms with Crippen LogP contribution in [0.5, 0.6) is 0 Å². The van der Waals surface area contributed by atoms with E-state index in [1.807, 2.05) is 24.3 Å². The Morgan fingerprint density at radius 1 is 1.52 bits per heavy atom. The Kier molecular flexibility index (Phi) is 5.76. The number of likely N-dealkylation sites (N-methyl/N-ethyl adjacent to an activating group) is 1. The molecule has 112 valence electrons. The zero-order valence-corrected chi connectivity index (χ0v) is 12.1. The van der Waals surface area contributed by atoms with Gasteiger partial charge in [0, 0.05) is 25.7 Å². The smallest absolute Gasteiger partial charge is 0.239 e. The highest BCUT2D eigenvalue weighted by atomic mass is 16.5. The van der Waals surface area contributed by atoms with Crippen LogP contribution in [0.15, 0.2) is 24.3 Å². The van der Waals surface area contributed by atoms with Crippen LogP contribution in [-0.2, 0) is 16.1 Å². The van der Waals surface area contributed by atoms with Crippen molar-refractivity contribution in [2.24, 2.45) is 0 Å². The molecule has 0 radical (unpaired) electrons. The van der Waals surface area contributed by atoms with Crippen molar-refractivity contribution in [3.8, 4) is 11.8 Å². The quantitative estimate of drug-likeness (QED) is 0.767. The maximum Gasteiger partial charge on any atom is 0.239 e. The molecule has 1 aliphatic rings. The van der Waals surface area contributed by atoms with Gasteiger partial charge in [0.15, 0.2) is 0 Å². The number of aliphatic hydroxyl groups is 1. The molecule has 2 N–H and O–H groups in total. The Bertz CT molecular complexity index is 548. The van der Waals surface area contributed by atoms with Gasteiger partial charge < -0.3 is 15.2 Å². The molecule has 0 bridgehead atoms. The highest BCUT2D eigenvalue weighted by molar-refractivity contribution is 5.81. The summed E-state index contributed by atoms with van der Waals surface area (Å²) >= 11 is 0. The number of morpholine rings is 1.